The largest absolute Gasteiger partial charge is 0.495 e. The fraction of sp³-hybridized carbons (Fsp3) is 0.200. The van der Waals surface area contributed by atoms with Crippen LogP contribution in [0.5, 0.6) is 5.75 Å². The molecular formula is C10H11BrFNO. The van der Waals surface area contributed by atoms with Crippen LogP contribution in [0.1, 0.15) is 5.56 Å². The maximum Gasteiger partial charge on any atom is 0.140 e. The van der Waals surface area contributed by atoms with E-state index >= 15 is 0 Å². The maximum atomic E-state index is 13.0. The average Bonchev–Trinajstić information content (AvgIpc) is 2.14. The van der Waals surface area contributed by atoms with Gasteiger partial charge in [0.15, 0.2) is 0 Å². The first-order valence-corrected chi connectivity index (χ1v) is 4.88. The van der Waals surface area contributed by atoms with Gasteiger partial charge in [0, 0.05) is 12.1 Å². The van der Waals surface area contributed by atoms with Crippen LogP contribution in [0.2, 0.25) is 0 Å². The van der Waals surface area contributed by atoms with Crippen molar-refractivity contribution in [1.82, 2.24) is 0 Å². The minimum Gasteiger partial charge on any atom is -0.495 e. The number of hydrogen-bond acceptors (Lipinski definition) is 2. The Bertz CT molecular complexity index is 352. The first kappa shape index (κ1) is 11.2. The zero-order valence-electron chi connectivity index (χ0n) is 7.76. The van der Waals surface area contributed by atoms with Crippen LogP contribution >= 0.6 is 15.9 Å². The van der Waals surface area contributed by atoms with Crippen molar-refractivity contribution in [2.24, 2.45) is 5.73 Å². The average molecular weight is 260 g/mol. The summed E-state index contributed by atoms with van der Waals surface area (Å²) in [7, 11) is 1.54. The van der Waals surface area contributed by atoms with Crippen LogP contribution in [0.15, 0.2) is 22.7 Å². The molecule has 2 N–H and O–H groups in total. The Hall–Kier alpha value is -0.870. The smallest absolute Gasteiger partial charge is 0.140 e. The lowest BCUT2D eigenvalue weighted by molar-refractivity contribution is 0.410. The third-order valence-electron chi connectivity index (χ3n) is 1.67. The molecule has 0 aliphatic carbocycles. The molecule has 14 heavy (non-hydrogen) atoms. The lowest BCUT2D eigenvalue weighted by Crippen LogP contribution is -1.94. The third kappa shape index (κ3) is 2.56. The fourth-order valence-electron chi connectivity index (χ4n) is 1.11. The topological polar surface area (TPSA) is 35.2 Å². The molecule has 1 rings (SSSR count). The van der Waals surface area contributed by atoms with Crippen molar-refractivity contribution in [2.75, 3.05) is 13.7 Å². The number of methoxy groups -OCH3 is 1. The van der Waals surface area contributed by atoms with Gasteiger partial charge in [-0.1, -0.05) is 12.2 Å². The zero-order valence-corrected chi connectivity index (χ0v) is 9.34. The molecule has 1 aromatic rings. The Morgan fingerprint density at radius 2 is 2.29 bits per heavy atom. The quantitative estimate of drug-likeness (QED) is 0.906. The summed E-state index contributed by atoms with van der Waals surface area (Å²) in [4.78, 5) is 0. The van der Waals surface area contributed by atoms with Gasteiger partial charge in [-0.05, 0) is 28.1 Å². The summed E-state index contributed by atoms with van der Waals surface area (Å²) < 4.78 is 18.7. The maximum absolute atomic E-state index is 13.0. The lowest BCUT2D eigenvalue weighted by Gasteiger charge is -2.07. The second-order valence-electron chi connectivity index (χ2n) is 2.65. The molecule has 2 nitrogen and oxygen atoms in total. The van der Waals surface area contributed by atoms with Gasteiger partial charge in [-0.3, -0.25) is 0 Å². The van der Waals surface area contributed by atoms with Crippen LogP contribution in [0.3, 0.4) is 0 Å². The molecule has 0 heterocycles. The normalized spacial score (nSPS) is 10.9. The standard InChI is InChI=1S/C10H11BrFNO/c1-14-10-7(3-2-4-13)5-8(12)6-9(10)11/h2-3,5-6H,4,13H2,1H3/b3-2+. The van der Waals surface area contributed by atoms with Crippen LogP contribution in [-0.2, 0) is 0 Å². The van der Waals surface area contributed by atoms with E-state index in [-0.39, 0.29) is 5.82 Å². The molecule has 76 valence electrons. The van der Waals surface area contributed by atoms with Gasteiger partial charge < -0.3 is 10.5 Å². The first-order chi connectivity index (χ1) is 6.69. The van der Waals surface area contributed by atoms with Crippen molar-refractivity contribution in [3.63, 3.8) is 0 Å². The Kier molecular flexibility index (Phi) is 4.10. The van der Waals surface area contributed by atoms with E-state index in [4.69, 9.17) is 10.5 Å². The minimum absolute atomic E-state index is 0.311. The number of benzene rings is 1. The fourth-order valence-corrected chi connectivity index (χ4v) is 1.72. The summed E-state index contributed by atoms with van der Waals surface area (Å²) in [6.07, 6.45) is 3.47. The summed E-state index contributed by atoms with van der Waals surface area (Å²) in [5.74, 6) is 0.297. The molecule has 0 spiro atoms. The monoisotopic (exact) mass is 259 g/mol. The highest BCUT2D eigenvalue weighted by atomic mass is 79.9. The first-order valence-electron chi connectivity index (χ1n) is 4.08. The van der Waals surface area contributed by atoms with Crippen LogP contribution in [0, 0.1) is 5.82 Å². The van der Waals surface area contributed by atoms with Crippen LogP contribution < -0.4 is 10.5 Å². The van der Waals surface area contributed by atoms with Crippen molar-refractivity contribution in [2.45, 2.75) is 0 Å². The Morgan fingerprint density at radius 3 is 2.86 bits per heavy atom. The van der Waals surface area contributed by atoms with Crippen molar-refractivity contribution >= 4 is 22.0 Å². The van der Waals surface area contributed by atoms with E-state index < -0.39 is 0 Å². The number of ether oxygens (including phenoxy) is 1. The van der Waals surface area contributed by atoms with E-state index in [1.54, 1.807) is 12.2 Å². The minimum atomic E-state index is -0.311. The van der Waals surface area contributed by atoms with E-state index in [9.17, 15) is 4.39 Å². The van der Waals surface area contributed by atoms with Gasteiger partial charge in [0.05, 0.1) is 11.6 Å². The number of hydrogen-bond donors (Lipinski definition) is 1. The molecule has 1 aromatic carbocycles. The van der Waals surface area contributed by atoms with E-state index in [0.717, 1.165) is 0 Å². The molecule has 0 aliphatic heterocycles. The Balaban J connectivity index is 3.18. The van der Waals surface area contributed by atoms with Gasteiger partial charge >= 0.3 is 0 Å². The highest BCUT2D eigenvalue weighted by Crippen LogP contribution is 2.30. The highest BCUT2D eigenvalue weighted by molar-refractivity contribution is 9.10. The van der Waals surface area contributed by atoms with Gasteiger partial charge in [-0.25, -0.2) is 4.39 Å². The third-order valence-corrected chi connectivity index (χ3v) is 2.26. The number of halogens is 2. The van der Waals surface area contributed by atoms with E-state index in [1.165, 1.54) is 19.2 Å². The lowest BCUT2D eigenvalue weighted by atomic mass is 10.2. The summed E-state index contributed by atoms with van der Waals surface area (Å²) in [5, 5.41) is 0. The van der Waals surface area contributed by atoms with Gasteiger partial charge in [0.25, 0.3) is 0 Å². The van der Waals surface area contributed by atoms with Crippen LogP contribution in [0.4, 0.5) is 4.39 Å². The van der Waals surface area contributed by atoms with Crippen molar-refractivity contribution in [1.29, 1.82) is 0 Å². The number of rotatable bonds is 3. The SMILES string of the molecule is COc1c(Br)cc(F)cc1/C=C/CN. The molecule has 0 radical (unpaired) electrons. The molecule has 0 amide bonds. The van der Waals surface area contributed by atoms with Gasteiger partial charge in [0.2, 0.25) is 0 Å². The summed E-state index contributed by atoms with van der Waals surface area (Å²) >= 11 is 3.22. The second-order valence-corrected chi connectivity index (χ2v) is 3.50. The predicted octanol–water partition coefficient (Wildman–Crippen LogP) is 2.57. The second kappa shape index (κ2) is 5.12. The molecule has 0 bridgehead atoms. The zero-order chi connectivity index (χ0) is 10.6. The van der Waals surface area contributed by atoms with Crippen LogP contribution in [0.25, 0.3) is 6.08 Å². The molecular weight excluding hydrogens is 249 g/mol. The summed E-state index contributed by atoms with van der Waals surface area (Å²) in [5.41, 5.74) is 5.98. The van der Waals surface area contributed by atoms with E-state index in [0.29, 0.717) is 22.3 Å². The van der Waals surface area contributed by atoms with Crippen molar-refractivity contribution < 1.29 is 9.13 Å². The summed E-state index contributed by atoms with van der Waals surface area (Å²) in [6.45, 7) is 0.414. The molecule has 0 saturated carbocycles. The molecule has 0 unspecified atom stereocenters. The van der Waals surface area contributed by atoms with E-state index in [1.807, 2.05) is 0 Å². The molecule has 0 aliphatic rings. The van der Waals surface area contributed by atoms with Crippen LogP contribution in [-0.4, -0.2) is 13.7 Å². The van der Waals surface area contributed by atoms with Gasteiger partial charge in [-0.2, -0.15) is 0 Å². The van der Waals surface area contributed by atoms with E-state index in [2.05, 4.69) is 15.9 Å². The molecule has 0 fully saturated rings. The number of nitrogens with two attached hydrogens (primary N) is 1. The Labute approximate surface area is 90.7 Å². The van der Waals surface area contributed by atoms with Crippen molar-refractivity contribution in [3.8, 4) is 5.75 Å². The van der Waals surface area contributed by atoms with Crippen molar-refractivity contribution in [3.05, 3.63) is 34.1 Å². The molecule has 4 heteroatoms. The highest BCUT2D eigenvalue weighted by Gasteiger charge is 2.07. The van der Waals surface area contributed by atoms with Gasteiger partial charge in [-0.15, -0.1) is 0 Å². The Morgan fingerprint density at radius 1 is 1.57 bits per heavy atom. The molecule has 0 aromatic heterocycles. The predicted molar refractivity (Wildman–Crippen MR) is 58.7 cm³/mol. The molecule has 0 saturated heterocycles. The van der Waals surface area contributed by atoms with Gasteiger partial charge in [0.1, 0.15) is 11.6 Å². The summed E-state index contributed by atoms with van der Waals surface area (Å²) in [6, 6.07) is 2.76. The molecule has 0 atom stereocenters.